The minimum absolute atomic E-state index is 0.00269. The molecular weight excluding hydrogens is 428 g/mol. The van der Waals surface area contributed by atoms with Crippen LogP contribution in [0.3, 0.4) is 0 Å². The van der Waals surface area contributed by atoms with Crippen LogP contribution < -0.4 is 10.4 Å². The molecule has 2 aromatic carbocycles. The Morgan fingerprint density at radius 3 is 2.03 bits per heavy atom. The molecule has 0 radical (unpaired) electrons. The van der Waals surface area contributed by atoms with Crippen LogP contribution >= 0.6 is 0 Å². The highest BCUT2D eigenvalue weighted by Crippen LogP contribution is 2.46. The normalized spacial score (nSPS) is 24.8. The first-order chi connectivity index (χ1) is 15.7. The molecule has 2 atom stereocenters. The van der Waals surface area contributed by atoms with Crippen LogP contribution in [0.2, 0.25) is 5.04 Å². The predicted molar refractivity (Wildman–Crippen MR) is 134 cm³/mol. The van der Waals surface area contributed by atoms with E-state index in [1.807, 2.05) is 0 Å². The van der Waals surface area contributed by atoms with Crippen LogP contribution in [0, 0.1) is 5.41 Å². The van der Waals surface area contributed by atoms with Gasteiger partial charge in [0.25, 0.3) is 8.32 Å². The molecule has 1 aliphatic heterocycles. The highest BCUT2D eigenvalue weighted by Gasteiger charge is 2.54. The summed E-state index contributed by atoms with van der Waals surface area (Å²) >= 11 is 0. The van der Waals surface area contributed by atoms with Crippen molar-refractivity contribution in [2.45, 2.75) is 77.2 Å². The molecule has 0 aromatic heterocycles. The topological polar surface area (TPSA) is 44.8 Å². The van der Waals surface area contributed by atoms with Gasteiger partial charge in [-0.2, -0.15) is 0 Å². The monoisotopic (exact) mass is 466 g/mol. The summed E-state index contributed by atoms with van der Waals surface area (Å²) in [4.78, 5) is 12.6. The molecule has 2 aromatic rings. The molecule has 178 valence electrons. The van der Waals surface area contributed by atoms with Gasteiger partial charge in [0.15, 0.2) is 6.29 Å². The number of ketones is 1. The van der Waals surface area contributed by atoms with Gasteiger partial charge in [0, 0.05) is 12.8 Å². The van der Waals surface area contributed by atoms with E-state index in [-0.39, 0.29) is 22.8 Å². The Bertz CT molecular complexity index is 878. The summed E-state index contributed by atoms with van der Waals surface area (Å²) in [5.41, 5.74) is -0.238. The second kappa shape index (κ2) is 9.83. The maximum Gasteiger partial charge on any atom is 0.261 e. The lowest BCUT2D eigenvalue weighted by molar-refractivity contribution is -0.129. The van der Waals surface area contributed by atoms with E-state index in [0.717, 1.165) is 19.3 Å². The standard InChI is InChI=1S/C28H38O4Si/c1-27(2,3)33(23-11-7-5-8-12-23,24-13-9-6-10-14-24)32-25-16-15-22(29)21-28(25,4)18-17-26-30-19-20-31-26/h5-14,25-26H,15-21H2,1-4H3/t25-,28-/m1/s1. The Kier molecular flexibility index (Phi) is 7.25. The van der Waals surface area contributed by atoms with Gasteiger partial charge in [-0.15, -0.1) is 0 Å². The first-order valence-corrected chi connectivity index (χ1v) is 14.2. The van der Waals surface area contributed by atoms with Crippen molar-refractivity contribution in [2.24, 2.45) is 5.41 Å². The summed E-state index contributed by atoms with van der Waals surface area (Å²) in [5, 5.41) is 2.48. The Morgan fingerprint density at radius 1 is 0.970 bits per heavy atom. The van der Waals surface area contributed by atoms with Crippen molar-refractivity contribution >= 4 is 24.5 Å². The summed E-state index contributed by atoms with van der Waals surface area (Å²) in [5.74, 6) is 0.341. The molecule has 0 bridgehead atoms. The third-order valence-electron chi connectivity index (χ3n) is 7.44. The molecule has 0 amide bonds. The van der Waals surface area contributed by atoms with Gasteiger partial charge >= 0.3 is 0 Å². The molecule has 4 nitrogen and oxygen atoms in total. The van der Waals surface area contributed by atoms with Crippen molar-refractivity contribution in [1.82, 2.24) is 0 Å². The second-order valence-electron chi connectivity index (χ2n) is 10.9. The Labute approximate surface area is 199 Å². The fourth-order valence-electron chi connectivity index (χ4n) is 5.67. The number of carbonyl (C=O) groups is 1. The van der Waals surface area contributed by atoms with E-state index in [9.17, 15) is 4.79 Å². The Hall–Kier alpha value is -1.79. The van der Waals surface area contributed by atoms with E-state index in [4.69, 9.17) is 13.9 Å². The van der Waals surface area contributed by atoms with E-state index < -0.39 is 8.32 Å². The van der Waals surface area contributed by atoms with Crippen molar-refractivity contribution in [3.63, 3.8) is 0 Å². The molecule has 33 heavy (non-hydrogen) atoms. The van der Waals surface area contributed by atoms with Gasteiger partial charge in [-0.05, 0) is 40.1 Å². The van der Waals surface area contributed by atoms with Crippen LogP contribution in [0.25, 0.3) is 0 Å². The Balaban J connectivity index is 1.74. The highest BCUT2D eigenvalue weighted by molar-refractivity contribution is 6.99. The van der Waals surface area contributed by atoms with Crippen molar-refractivity contribution < 1.29 is 18.7 Å². The third-order valence-corrected chi connectivity index (χ3v) is 12.5. The van der Waals surface area contributed by atoms with Crippen molar-refractivity contribution in [3.05, 3.63) is 60.7 Å². The van der Waals surface area contributed by atoms with E-state index in [1.165, 1.54) is 10.4 Å². The largest absolute Gasteiger partial charge is 0.404 e. The first kappa shape index (κ1) is 24.3. The molecule has 1 saturated carbocycles. The van der Waals surface area contributed by atoms with Gasteiger partial charge in [0.05, 0.1) is 19.3 Å². The predicted octanol–water partition coefficient (Wildman–Crippen LogP) is 4.84. The van der Waals surface area contributed by atoms with Crippen molar-refractivity contribution in [3.8, 4) is 0 Å². The summed E-state index contributed by atoms with van der Waals surface area (Å²) in [6.45, 7) is 10.5. The molecule has 1 heterocycles. The quantitative estimate of drug-likeness (QED) is 0.548. The number of carbonyl (C=O) groups excluding carboxylic acids is 1. The van der Waals surface area contributed by atoms with Crippen LogP contribution in [-0.4, -0.2) is 39.7 Å². The minimum atomic E-state index is -2.68. The molecule has 1 saturated heterocycles. The number of Topliss-reactive ketones (excluding diaryl/α,β-unsaturated/α-hetero) is 1. The number of hydrogen-bond acceptors (Lipinski definition) is 4. The van der Waals surface area contributed by atoms with Gasteiger partial charge in [-0.3, -0.25) is 4.79 Å². The van der Waals surface area contributed by atoms with Crippen LogP contribution in [-0.2, 0) is 18.7 Å². The lowest BCUT2D eigenvalue weighted by atomic mass is 9.70. The van der Waals surface area contributed by atoms with Gasteiger partial charge in [0.1, 0.15) is 5.78 Å². The molecule has 4 rings (SSSR count). The zero-order chi connectivity index (χ0) is 23.5. The van der Waals surface area contributed by atoms with Crippen LogP contribution in [0.1, 0.15) is 59.8 Å². The third kappa shape index (κ3) is 5.02. The van der Waals surface area contributed by atoms with Crippen LogP contribution in [0.4, 0.5) is 0 Å². The number of hydrogen-bond donors (Lipinski definition) is 0. The lowest BCUT2D eigenvalue weighted by Crippen LogP contribution is -2.69. The Morgan fingerprint density at radius 2 is 1.52 bits per heavy atom. The fourth-order valence-corrected chi connectivity index (χ4v) is 10.5. The van der Waals surface area contributed by atoms with Crippen molar-refractivity contribution in [1.29, 1.82) is 0 Å². The van der Waals surface area contributed by atoms with E-state index in [2.05, 4.69) is 88.4 Å². The molecule has 0 N–H and O–H groups in total. The number of ether oxygens (including phenoxy) is 2. The molecule has 2 aliphatic rings. The molecular formula is C28H38O4Si. The summed E-state index contributed by atoms with van der Waals surface area (Å²) in [6.07, 6.45) is 3.41. The van der Waals surface area contributed by atoms with Gasteiger partial charge < -0.3 is 13.9 Å². The van der Waals surface area contributed by atoms with Gasteiger partial charge in [-0.25, -0.2) is 0 Å². The summed E-state index contributed by atoms with van der Waals surface area (Å²) in [7, 11) is -2.68. The summed E-state index contributed by atoms with van der Waals surface area (Å²) < 4.78 is 18.9. The minimum Gasteiger partial charge on any atom is -0.404 e. The van der Waals surface area contributed by atoms with Crippen molar-refractivity contribution in [2.75, 3.05) is 13.2 Å². The molecule has 0 unspecified atom stereocenters. The lowest BCUT2D eigenvalue weighted by Gasteiger charge is -2.50. The van der Waals surface area contributed by atoms with Gasteiger partial charge in [-0.1, -0.05) is 88.4 Å². The average molecular weight is 467 g/mol. The molecule has 0 spiro atoms. The second-order valence-corrected chi connectivity index (χ2v) is 15.1. The molecule has 2 fully saturated rings. The van der Waals surface area contributed by atoms with Crippen LogP contribution in [0.5, 0.6) is 0 Å². The number of benzene rings is 2. The first-order valence-electron chi connectivity index (χ1n) is 12.3. The van der Waals surface area contributed by atoms with Gasteiger partial charge in [0.2, 0.25) is 0 Å². The smallest absolute Gasteiger partial charge is 0.261 e. The highest BCUT2D eigenvalue weighted by atomic mass is 28.4. The molecule has 1 aliphatic carbocycles. The zero-order valence-electron chi connectivity index (χ0n) is 20.5. The fraction of sp³-hybridized carbons (Fsp3) is 0.536. The van der Waals surface area contributed by atoms with E-state index in [0.29, 0.717) is 31.8 Å². The average Bonchev–Trinajstić information content (AvgIpc) is 3.32. The number of rotatable bonds is 7. The summed E-state index contributed by atoms with van der Waals surface area (Å²) in [6, 6.07) is 21.5. The SMILES string of the molecule is CC(C)(C)[Si](O[C@@H]1CCC(=O)C[C@@]1(C)CCC1OCCO1)(c1ccccc1)c1ccccc1. The maximum absolute atomic E-state index is 12.6. The maximum atomic E-state index is 12.6. The zero-order valence-corrected chi connectivity index (χ0v) is 21.5. The van der Waals surface area contributed by atoms with Crippen LogP contribution in [0.15, 0.2) is 60.7 Å². The van der Waals surface area contributed by atoms with E-state index >= 15 is 0 Å². The molecule has 5 heteroatoms. The van der Waals surface area contributed by atoms with E-state index in [1.54, 1.807) is 0 Å².